The minimum Gasteiger partial charge on any atom is -0.251 e. The van der Waals surface area contributed by atoms with Gasteiger partial charge in [0.25, 0.3) is 0 Å². The van der Waals surface area contributed by atoms with E-state index >= 15 is 0 Å². The smallest absolute Gasteiger partial charge is 0.0772 e. The van der Waals surface area contributed by atoms with Crippen molar-refractivity contribution < 1.29 is 0 Å². The molecular weight excluding hydrogens is 382 g/mol. The van der Waals surface area contributed by atoms with E-state index in [1.54, 1.807) is 0 Å². The van der Waals surface area contributed by atoms with Gasteiger partial charge in [-0.3, -0.25) is 4.99 Å². The number of nitrogens with zero attached hydrogens (tertiary/aromatic N) is 1. The first-order chi connectivity index (χ1) is 14.7. The Morgan fingerprint density at radius 1 is 0.733 bits per heavy atom. The Labute approximate surface area is 183 Å². The van der Waals surface area contributed by atoms with Crippen molar-refractivity contribution in [1.29, 1.82) is 0 Å². The maximum Gasteiger partial charge on any atom is 0.0772 e. The molecular formula is C28H25NS. The minimum atomic E-state index is 0.346. The Morgan fingerprint density at radius 3 is 2.03 bits per heavy atom. The molecule has 1 aliphatic heterocycles. The SMILES string of the molecule is CC(C1=C(C(C)c2ccccc2)CC2=Nc3ccccc3SC2=C1)c1ccccc1. The molecule has 2 heteroatoms. The molecule has 0 spiro atoms. The van der Waals surface area contributed by atoms with Crippen LogP contribution in [0.3, 0.4) is 0 Å². The molecule has 148 valence electrons. The highest BCUT2D eigenvalue weighted by Gasteiger charge is 2.29. The van der Waals surface area contributed by atoms with Gasteiger partial charge in [0.2, 0.25) is 0 Å². The normalized spacial score (nSPS) is 17.4. The Bertz CT molecular complexity index is 1160. The summed E-state index contributed by atoms with van der Waals surface area (Å²) in [6, 6.07) is 30.2. The fourth-order valence-electron chi connectivity index (χ4n) is 4.44. The van der Waals surface area contributed by atoms with Crippen LogP contribution < -0.4 is 0 Å². The van der Waals surface area contributed by atoms with Crippen LogP contribution in [0.1, 0.15) is 43.2 Å². The van der Waals surface area contributed by atoms with Crippen LogP contribution in [0.4, 0.5) is 5.69 Å². The number of thioether (sulfide) groups is 1. The van der Waals surface area contributed by atoms with Crippen LogP contribution in [0.15, 0.2) is 117 Å². The number of aliphatic imine (C=N–C) groups is 1. The first kappa shape index (κ1) is 19.1. The average Bonchev–Trinajstić information content (AvgIpc) is 2.82. The average molecular weight is 408 g/mol. The van der Waals surface area contributed by atoms with E-state index in [1.165, 1.54) is 37.8 Å². The summed E-state index contributed by atoms with van der Waals surface area (Å²) in [5.74, 6) is 0.703. The molecule has 1 aliphatic carbocycles. The molecule has 0 aromatic heterocycles. The van der Waals surface area contributed by atoms with E-state index in [0.717, 1.165) is 12.1 Å². The minimum absolute atomic E-state index is 0.346. The summed E-state index contributed by atoms with van der Waals surface area (Å²) in [5, 5.41) is 0. The topological polar surface area (TPSA) is 12.4 Å². The molecule has 0 amide bonds. The van der Waals surface area contributed by atoms with Gasteiger partial charge in [-0.05, 0) is 34.9 Å². The molecule has 30 heavy (non-hydrogen) atoms. The van der Waals surface area contributed by atoms with Crippen LogP contribution >= 0.6 is 11.8 Å². The van der Waals surface area contributed by atoms with Crippen molar-refractivity contribution >= 4 is 23.2 Å². The lowest BCUT2D eigenvalue weighted by molar-refractivity contribution is 0.806. The van der Waals surface area contributed by atoms with E-state index in [4.69, 9.17) is 4.99 Å². The molecule has 0 bridgehead atoms. The van der Waals surface area contributed by atoms with Crippen molar-refractivity contribution in [2.45, 2.75) is 37.0 Å². The highest BCUT2D eigenvalue weighted by molar-refractivity contribution is 8.04. The van der Waals surface area contributed by atoms with Gasteiger partial charge in [-0.15, -0.1) is 0 Å². The highest BCUT2D eigenvalue weighted by Crippen LogP contribution is 2.47. The van der Waals surface area contributed by atoms with Crippen molar-refractivity contribution in [3.05, 3.63) is 118 Å². The molecule has 2 atom stereocenters. The number of rotatable bonds is 4. The molecule has 1 nitrogen and oxygen atoms in total. The van der Waals surface area contributed by atoms with Crippen LogP contribution in [0, 0.1) is 0 Å². The molecule has 0 N–H and O–H groups in total. The molecule has 0 saturated carbocycles. The van der Waals surface area contributed by atoms with E-state index in [0.29, 0.717) is 11.8 Å². The summed E-state index contributed by atoms with van der Waals surface area (Å²) in [4.78, 5) is 7.60. The monoisotopic (exact) mass is 407 g/mol. The van der Waals surface area contributed by atoms with Gasteiger partial charge in [-0.1, -0.05) is 104 Å². The van der Waals surface area contributed by atoms with E-state index in [1.807, 2.05) is 11.8 Å². The number of para-hydroxylation sites is 1. The Morgan fingerprint density at radius 2 is 1.33 bits per heavy atom. The largest absolute Gasteiger partial charge is 0.251 e. The van der Waals surface area contributed by atoms with Crippen LogP contribution in [-0.4, -0.2) is 5.71 Å². The molecule has 5 rings (SSSR count). The lowest BCUT2D eigenvalue weighted by atomic mass is 9.78. The van der Waals surface area contributed by atoms with Gasteiger partial charge < -0.3 is 0 Å². The van der Waals surface area contributed by atoms with Gasteiger partial charge in [0.15, 0.2) is 0 Å². The van der Waals surface area contributed by atoms with E-state index < -0.39 is 0 Å². The van der Waals surface area contributed by atoms with Gasteiger partial charge in [-0.2, -0.15) is 0 Å². The molecule has 2 unspecified atom stereocenters. The lowest BCUT2D eigenvalue weighted by Gasteiger charge is -2.31. The number of benzene rings is 3. The molecule has 2 aliphatic rings. The predicted molar refractivity (Wildman–Crippen MR) is 129 cm³/mol. The number of allylic oxidation sites excluding steroid dienone is 4. The maximum absolute atomic E-state index is 5.05. The predicted octanol–water partition coefficient (Wildman–Crippen LogP) is 8.06. The maximum atomic E-state index is 5.05. The molecule has 3 aromatic rings. The molecule has 0 fully saturated rings. The third-order valence-corrected chi connectivity index (χ3v) is 7.37. The quantitative estimate of drug-likeness (QED) is 0.426. The molecule has 0 radical (unpaired) electrons. The van der Waals surface area contributed by atoms with Crippen LogP contribution in [0.5, 0.6) is 0 Å². The summed E-state index contributed by atoms with van der Waals surface area (Å²) in [7, 11) is 0. The zero-order valence-corrected chi connectivity index (χ0v) is 18.2. The molecule has 1 heterocycles. The van der Waals surface area contributed by atoms with Crippen LogP contribution in [0.25, 0.3) is 0 Å². The van der Waals surface area contributed by atoms with Gasteiger partial charge in [0.1, 0.15) is 0 Å². The van der Waals surface area contributed by atoms with Crippen LogP contribution in [0.2, 0.25) is 0 Å². The summed E-state index contributed by atoms with van der Waals surface area (Å²) < 4.78 is 0. The highest BCUT2D eigenvalue weighted by atomic mass is 32.2. The second kappa shape index (κ2) is 8.12. The van der Waals surface area contributed by atoms with E-state index in [2.05, 4.69) is 105 Å². The van der Waals surface area contributed by atoms with Gasteiger partial charge >= 0.3 is 0 Å². The first-order valence-electron chi connectivity index (χ1n) is 10.6. The van der Waals surface area contributed by atoms with Crippen molar-refractivity contribution in [1.82, 2.24) is 0 Å². The standard InChI is InChI=1S/C28H25NS/c1-19(21-11-5-3-6-12-21)23-17-26-28(30-27-16-10-9-15-25(27)29-26)18-24(23)20(2)22-13-7-4-8-14-22/h3-16,18-20H,17H2,1-2H3. The van der Waals surface area contributed by atoms with Gasteiger partial charge in [0.05, 0.1) is 11.4 Å². The summed E-state index contributed by atoms with van der Waals surface area (Å²) >= 11 is 1.86. The zero-order valence-electron chi connectivity index (χ0n) is 17.4. The van der Waals surface area contributed by atoms with E-state index in [9.17, 15) is 0 Å². The van der Waals surface area contributed by atoms with Gasteiger partial charge in [0, 0.05) is 28.1 Å². The zero-order chi connectivity index (χ0) is 20.5. The van der Waals surface area contributed by atoms with Crippen molar-refractivity contribution in [3.8, 4) is 0 Å². The fraction of sp³-hybridized carbons (Fsp3) is 0.179. The van der Waals surface area contributed by atoms with Crippen molar-refractivity contribution in [3.63, 3.8) is 0 Å². The Hall–Kier alpha value is -2.84. The van der Waals surface area contributed by atoms with E-state index in [-0.39, 0.29) is 0 Å². The van der Waals surface area contributed by atoms with Gasteiger partial charge in [-0.25, -0.2) is 0 Å². The van der Waals surface area contributed by atoms with Crippen LogP contribution in [-0.2, 0) is 0 Å². The Kier molecular flexibility index (Phi) is 5.18. The number of hydrogen-bond acceptors (Lipinski definition) is 2. The third kappa shape index (κ3) is 3.57. The second-order valence-corrected chi connectivity index (χ2v) is 9.14. The second-order valence-electron chi connectivity index (χ2n) is 8.06. The third-order valence-electron chi connectivity index (χ3n) is 6.23. The van der Waals surface area contributed by atoms with Crippen molar-refractivity contribution in [2.75, 3.05) is 0 Å². The molecule has 0 saturated heterocycles. The van der Waals surface area contributed by atoms with Crippen molar-refractivity contribution in [2.24, 2.45) is 4.99 Å². The summed E-state index contributed by atoms with van der Waals surface area (Å²) in [6.07, 6.45) is 3.32. The Balaban J connectivity index is 1.62. The fourth-order valence-corrected chi connectivity index (χ4v) is 5.46. The molecule has 3 aromatic carbocycles. The number of hydrogen-bond donors (Lipinski definition) is 0. The first-order valence-corrected chi connectivity index (χ1v) is 11.4. The number of fused-ring (bicyclic) bond motifs is 2. The lowest BCUT2D eigenvalue weighted by Crippen LogP contribution is -2.17. The summed E-state index contributed by atoms with van der Waals surface area (Å²) in [6.45, 7) is 4.68. The summed E-state index contributed by atoms with van der Waals surface area (Å²) in [5.41, 5.74) is 7.97.